The van der Waals surface area contributed by atoms with E-state index in [9.17, 15) is 19.5 Å². The largest absolute Gasteiger partial charge is 0.444 e. The van der Waals surface area contributed by atoms with Gasteiger partial charge >= 0.3 is 6.09 Å². The van der Waals surface area contributed by atoms with E-state index in [1.54, 1.807) is 32.5 Å². The summed E-state index contributed by atoms with van der Waals surface area (Å²) in [6, 6.07) is 5.55. The Balaban J connectivity index is 3.35. The highest BCUT2D eigenvalue weighted by atomic mass is 32.2. The van der Waals surface area contributed by atoms with Crippen LogP contribution in [0.15, 0.2) is 24.3 Å². The molecule has 2 atom stereocenters. The van der Waals surface area contributed by atoms with Gasteiger partial charge in [0.25, 0.3) is 0 Å². The number of alkyl carbamates (subject to hydrolysis) is 1. The number of amides is 3. The van der Waals surface area contributed by atoms with Crippen LogP contribution in [0.2, 0.25) is 0 Å². The molecule has 0 bridgehead atoms. The maximum Gasteiger partial charge on any atom is 0.408 e. The van der Waals surface area contributed by atoms with Crippen molar-refractivity contribution in [2.24, 2.45) is 0 Å². The topological polar surface area (TPSA) is 108 Å². The molecule has 3 amide bonds. The van der Waals surface area contributed by atoms with Gasteiger partial charge in [0.05, 0.1) is 6.61 Å². The quantitative estimate of drug-likeness (QED) is 0.362. The maximum absolute atomic E-state index is 13.8. The summed E-state index contributed by atoms with van der Waals surface area (Å²) in [5.41, 5.74) is 0.819. The molecular weight excluding hydrogens is 454 g/mol. The third kappa shape index (κ3) is 9.93. The zero-order valence-electron chi connectivity index (χ0n) is 21.3. The molecule has 0 fully saturated rings. The first-order valence-electron chi connectivity index (χ1n) is 11.8. The van der Waals surface area contributed by atoms with Crippen molar-refractivity contribution in [2.45, 2.75) is 71.6 Å². The molecule has 0 saturated heterocycles. The highest BCUT2D eigenvalue weighted by Crippen LogP contribution is 2.26. The molecule has 0 aliphatic rings. The number of aliphatic hydroxyl groups is 1. The zero-order chi connectivity index (χ0) is 25.7. The van der Waals surface area contributed by atoms with Crippen molar-refractivity contribution >= 4 is 29.7 Å². The molecular formula is C25H41N3O5S. The molecule has 0 aromatic heterocycles. The molecule has 1 aromatic rings. The smallest absolute Gasteiger partial charge is 0.408 e. The number of hydrogen-bond acceptors (Lipinski definition) is 6. The molecule has 34 heavy (non-hydrogen) atoms. The number of aliphatic hydroxyl groups excluding tert-OH is 1. The summed E-state index contributed by atoms with van der Waals surface area (Å²) >= 11 is 1.55. The summed E-state index contributed by atoms with van der Waals surface area (Å²) in [6.07, 6.45) is 3.31. The van der Waals surface area contributed by atoms with E-state index in [4.69, 9.17) is 4.74 Å². The third-order valence-corrected chi connectivity index (χ3v) is 5.74. The molecule has 2 unspecified atom stereocenters. The Morgan fingerprint density at radius 3 is 2.44 bits per heavy atom. The van der Waals surface area contributed by atoms with Crippen LogP contribution >= 0.6 is 11.8 Å². The Morgan fingerprint density at radius 2 is 1.88 bits per heavy atom. The molecule has 1 aromatic carbocycles. The van der Waals surface area contributed by atoms with E-state index in [1.807, 2.05) is 44.4 Å². The van der Waals surface area contributed by atoms with Gasteiger partial charge in [-0.25, -0.2) is 4.79 Å². The van der Waals surface area contributed by atoms with E-state index in [0.29, 0.717) is 24.3 Å². The second kappa shape index (κ2) is 14.9. The van der Waals surface area contributed by atoms with Gasteiger partial charge in [0.15, 0.2) is 0 Å². The first-order chi connectivity index (χ1) is 16.1. The number of nitrogens with zero attached hydrogens (tertiary/aromatic N) is 1. The van der Waals surface area contributed by atoms with Crippen LogP contribution in [-0.4, -0.2) is 71.3 Å². The van der Waals surface area contributed by atoms with Gasteiger partial charge < -0.3 is 25.4 Å². The van der Waals surface area contributed by atoms with Crippen LogP contribution in [-0.2, 0) is 14.3 Å². The summed E-state index contributed by atoms with van der Waals surface area (Å²) < 4.78 is 5.36. The van der Waals surface area contributed by atoms with E-state index in [0.717, 1.165) is 18.4 Å². The van der Waals surface area contributed by atoms with E-state index in [2.05, 4.69) is 10.6 Å². The van der Waals surface area contributed by atoms with E-state index >= 15 is 0 Å². The predicted molar refractivity (Wildman–Crippen MR) is 137 cm³/mol. The van der Waals surface area contributed by atoms with Gasteiger partial charge in [-0.2, -0.15) is 11.8 Å². The minimum Gasteiger partial charge on any atom is -0.444 e. The van der Waals surface area contributed by atoms with E-state index < -0.39 is 29.7 Å². The Bertz CT molecular complexity index is 797. The second-order valence-corrected chi connectivity index (χ2v) is 10.1. The van der Waals surface area contributed by atoms with E-state index in [-0.39, 0.29) is 19.1 Å². The van der Waals surface area contributed by atoms with Crippen LogP contribution in [0.4, 0.5) is 4.79 Å². The minimum atomic E-state index is -0.935. The number of thioether (sulfide) groups is 1. The number of aryl methyl sites for hydroxylation is 1. The molecule has 8 nitrogen and oxygen atoms in total. The van der Waals surface area contributed by atoms with Crippen LogP contribution in [0.1, 0.15) is 64.1 Å². The fourth-order valence-corrected chi connectivity index (χ4v) is 3.92. The van der Waals surface area contributed by atoms with Crippen LogP contribution in [0.3, 0.4) is 0 Å². The fraction of sp³-hybridized carbons (Fsp3) is 0.640. The van der Waals surface area contributed by atoms with Crippen molar-refractivity contribution in [1.29, 1.82) is 0 Å². The average molecular weight is 496 g/mol. The summed E-state index contributed by atoms with van der Waals surface area (Å²) in [7, 11) is 0. The molecule has 9 heteroatoms. The predicted octanol–water partition coefficient (Wildman–Crippen LogP) is 3.42. The Labute approximate surface area is 208 Å². The average Bonchev–Trinajstić information content (AvgIpc) is 2.76. The number of nitrogens with one attached hydrogen (secondary N) is 2. The highest BCUT2D eigenvalue weighted by Gasteiger charge is 2.36. The van der Waals surface area contributed by atoms with Crippen molar-refractivity contribution in [2.75, 3.05) is 31.7 Å². The van der Waals surface area contributed by atoms with Gasteiger partial charge in [-0.05, 0) is 63.7 Å². The van der Waals surface area contributed by atoms with Crippen LogP contribution < -0.4 is 10.6 Å². The molecule has 0 aliphatic heterocycles. The van der Waals surface area contributed by atoms with Gasteiger partial charge in [0.1, 0.15) is 17.7 Å². The normalized spacial score (nSPS) is 13.0. The molecule has 0 aliphatic carbocycles. The Morgan fingerprint density at radius 1 is 1.21 bits per heavy atom. The van der Waals surface area contributed by atoms with Gasteiger partial charge in [-0.1, -0.05) is 37.6 Å². The van der Waals surface area contributed by atoms with Gasteiger partial charge in [0, 0.05) is 13.1 Å². The zero-order valence-corrected chi connectivity index (χ0v) is 22.2. The van der Waals surface area contributed by atoms with Crippen molar-refractivity contribution in [3.63, 3.8) is 0 Å². The van der Waals surface area contributed by atoms with Crippen LogP contribution in [0, 0.1) is 6.92 Å². The first-order valence-corrected chi connectivity index (χ1v) is 13.2. The van der Waals surface area contributed by atoms with Crippen LogP contribution in [0.25, 0.3) is 0 Å². The number of ether oxygens (including phenoxy) is 1. The number of unbranched alkanes of at least 4 members (excludes halogenated alkanes) is 1. The first kappa shape index (κ1) is 29.8. The summed E-state index contributed by atoms with van der Waals surface area (Å²) in [5, 5.41) is 15.4. The molecule has 0 heterocycles. The Hall–Kier alpha value is -2.26. The molecule has 3 N–H and O–H groups in total. The maximum atomic E-state index is 13.8. The summed E-state index contributed by atoms with van der Waals surface area (Å²) in [6.45, 7) is 9.28. The van der Waals surface area contributed by atoms with Crippen molar-refractivity contribution in [3.05, 3.63) is 35.4 Å². The monoisotopic (exact) mass is 495 g/mol. The van der Waals surface area contributed by atoms with Crippen molar-refractivity contribution in [3.8, 4) is 0 Å². The van der Waals surface area contributed by atoms with Crippen molar-refractivity contribution < 1.29 is 24.2 Å². The SMILES string of the molecule is CCCCNC(=O)C(c1ccccc1C)N(CCO)C(=O)C(CCSC)NC(=O)OC(C)(C)C. The van der Waals surface area contributed by atoms with Gasteiger partial charge in [-0.15, -0.1) is 0 Å². The van der Waals surface area contributed by atoms with Gasteiger partial charge in [-0.3, -0.25) is 9.59 Å². The van der Waals surface area contributed by atoms with E-state index in [1.165, 1.54) is 4.90 Å². The summed E-state index contributed by atoms with van der Waals surface area (Å²) in [4.78, 5) is 40.9. The third-order valence-electron chi connectivity index (χ3n) is 5.10. The second-order valence-electron chi connectivity index (χ2n) is 9.14. The highest BCUT2D eigenvalue weighted by molar-refractivity contribution is 7.98. The number of hydrogen-bond donors (Lipinski definition) is 3. The lowest BCUT2D eigenvalue weighted by atomic mass is 9.98. The standard InChI is InChI=1S/C25H41N3O5S/c1-7-8-14-26-22(30)21(19-12-10-9-11-18(19)2)28(15-16-29)23(31)20(13-17-34-6)27-24(32)33-25(3,4)5/h9-12,20-21,29H,7-8,13-17H2,1-6H3,(H,26,30)(H,27,32). The Kier molecular flexibility index (Phi) is 13.0. The molecule has 0 saturated carbocycles. The van der Waals surface area contributed by atoms with Crippen molar-refractivity contribution in [1.82, 2.24) is 15.5 Å². The van der Waals surface area contributed by atoms with Crippen LogP contribution in [0.5, 0.6) is 0 Å². The number of carbonyl (C=O) groups is 3. The summed E-state index contributed by atoms with van der Waals surface area (Å²) in [5.74, 6) is -0.130. The number of rotatable bonds is 13. The lowest BCUT2D eigenvalue weighted by molar-refractivity contribution is -0.143. The molecule has 1 rings (SSSR count). The molecule has 192 valence electrons. The lowest BCUT2D eigenvalue weighted by Gasteiger charge is -2.34. The lowest BCUT2D eigenvalue weighted by Crippen LogP contribution is -2.54. The minimum absolute atomic E-state index is 0.0508. The number of carbonyl (C=O) groups excluding carboxylic acids is 3. The molecule has 0 radical (unpaired) electrons. The molecule has 0 spiro atoms. The number of benzene rings is 1. The fourth-order valence-electron chi connectivity index (χ4n) is 3.45. The van der Waals surface area contributed by atoms with Gasteiger partial charge in [0.2, 0.25) is 11.8 Å².